The van der Waals surface area contributed by atoms with Crippen molar-refractivity contribution in [2.75, 3.05) is 20.3 Å². The van der Waals surface area contributed by atoms with Gasteiger partial charge < -0.3 is 24.6 Å². The van der Waals surface area contributed by atoms with Gasteiger partial charge in [0.25, 0.3) is 5.91 Å². The van der Waals surface area contributed by atoms with Gasteiger partial charge in [0.1, 0.15) is 13.2 Å². The Hall–Kier alpha value is -3.22. The standard InChI is InChI=1S/C21H23NO6/c1-26-17-12-15(13-18-20(17)28-10-9-27-18)21(25)22-16(7-8-19(23)24)11-14-5-3-2-4-6-14/h2-6,12-13,16H,7-11H2,1H3,(H,22,25)(H,23,24). The number of amides is 1. The number of carbonyl (C=O) groups is 2. The molecule has 3 rings (SSSR count). The van der Waals surface area contributed by atoms with Crippen LogP contribution in [0.3, 0.4) is 0 Å². The molecule has 2 aromatic carbocycles. The van der Waals surface area contributed by atoms with Crippen molar-refractivity contribution in [1.29, 1.82) is 0 Å². The van der Waals surface area contributed by atoms with Gasteiger partial charge in [-0.05, 0) is 30.5 Å². The molecule has 1 atom stereocenters. The molecule has 1 amide bonds. The first-order valence-electron chi connectivity index (χ1n) is 9.11. The van der Waals surface area contributed by atoms with E-state index < -0.39 is 5.97 Å². The van der Waals surface area contributed by atoms with Crippen molar-refractivity contribution in [3.63, 3.8) is 0 Å². The number of ether oxygens (including phenoxy) is 3. The molecule has 0 bridgehead atoms. The SMILES string of the molecule is COc1cc(C(=O)NC(CCC(=O)O)Cc2ccccc2)cc2c1OCCO2. The van der Waals surface area contributed by atoms with E-state index in [1.807, 2.05) is 30.3 Å². The maximum atomic E-state index is 12.8. The van der Waals surface area contributed by atoms with Crippen LogP contribution in [0.1, 0.15) is 28.8 Å². The molecule has 0 saturated carbocycles. The lowest BCUT2D eigenvalue weighted by molar-refractivity contribution is -0.137. The fraction of sp³-hybridized carbons (Fsp3) is 0.333. The molecule has 148 valence electrons. The van der Waals surface area contributed by atoms with Gasteiger partial charge in [-0.2, -0.15) is 0 Å². The highest BCUT2D eigenvalue weighted by atomic mass is 16.6. The first-order chi connectivity index (χ1) is 13.6. The average Bonchev–Trinajstić information content (AvgIpc) is 2.71. The number of carboxylic acids is 1. The molecule has 0 radical (unpaired) electrons. The molecule has 0 aromatic heterocycles. The zero-order valence-electron chi connectivity index (χ0n) is 15.6. The van der Waals surface area contributed by atoms with Crippen LogP contribution in [-0.4, -0.2) is 43.3 Å². The third-order valence-corrected chi connectivity index (χ3v) is 4.46. The molecule has 0 fully saturated rings. The monoisotopic (exact) mass is 385 g/mol. The highest BCUT2D eigenvalue weighted by Gasteiger charge is 2.22. The number of nitrogens with one attached hydrogen (secondary N) is 1. The van der Waals surface area contributed by atoms with Crippen molar-refractivity contribution in [3.8, 4) is 17.2 Å². The van der Waals surface area contributed by atoms with Crippen LogP contribution in [0.5, 0.6) is 17.2 Å². The first kappa shape index (κ1) is 19.5. The van der Waals surface area contributed by atoms with Crippen molar-refractivity contribution >= 4 is 11.9 Å². The van der Waals surface area contributed by atoms with E-state index in [0.29, 0.717) is 48.9 Å². The summed E-state index contributed by atoms with van der Waals surface area (Å²) < 4.78 is 16.5. The van der Waals surface area contributed by atoms with E-state index in [9.17, 15) is 9.59 Å². The number of carbonyl (C=O) groups excluding carboxylic acids is 1. The number of carboxylic acid groups (broad SMARTS) is 1. The van der Waals surface area contributed by atoms with Gasteiger partial charge in [-0.3, -0.25) is 9.59 Å². The second-order valence-electron chi connectivity index (χ2n) is 6.50. The minimum Gasteiger partial charge on any atom is -0.493 e. The summed E-state index contributed by atoms with van der Waals surface area (Å²) in [7, 11) is 1.50. The summed E-state index contributed by atoms with van der Waals surface area (Å²) in [5.41, 5.74) is 1.40. The van der Waals surface area contributed by atoms with Crippen LogP contribution in [0.25, 0.3) is 0 Å². The second-order valence-corrected chi connectivity index (χ2v) is 6.50. The summed E-state index contributed by atoms with van der Waals surface area (Å²) in [4.78, 5) is 23.8. The Morgan fingerprint density at radius 3 is 2.64 bits per heavy atom. The van der Waals surface area contributed by atoms with E-state index in [1.54, 1.807) is 12.1 Å². The van der Waals surface area contributed by atoms with E-state index in [2.05, 4.69) is 5.32 Å². The van der Waals surface area contributed by atoms with E-state index in [-0.39, 0.29) is 18.4 Å². The molecule has 7 nitrogen and oxygen atoms in total. The van der Waals surface area contributed by atoms with Gasteiger partial charge in [-0.1, -0.05) is 30.3 Å². The van der Waals surface area contributed by atoms with Crippen LogP contribution in [0, 0.1) is 0 Å². The molecule has 1 heterocycles. The lowest BCUT2D eigenvalue weighted by Crippen LogP contribution is -2.37. The summed E-state index contributed by atoms with van der Waals surface area (Å²) in [5, 5.41) is 12.0. The molecule has 1 aliphatic rings. The summed E-state index contributed by atoms with van der Waals surface area (Å²) in [6, 6.07) is 12.5. The molecule has 28 heavy (non-hydrogen) atoms. The molecule has 0 saturated heterocycles. The predicted octanol–water partition coefficient (Wildman–Crippen LogP) is 2.67. The number of hydrogen-bond acceptors (Lipinski definition) is 5. The van der Waals surface area contributed by atoms with Crippen molar-refractivity contribution < 1.29 is 28.9 Å². The zero-order chi connectivity index (χ0) is 19.9. The number of benzene rings is 2. The number of fused-ring (bicyclic) bond motifs is 1. The van der Waals surface area contributed by atoms with Gasteiger partial charge >= 0.3 is 5.97 Å². The summed E-state index contributed by atoms with van der Waals surface area (Å²) in [6.07, 6.45) is 0.849. The van der Waals surface area contributed by atoms with Crippen LogP contribution >= 0.6 is 0 Å². The highest BCUT2D eigenvalue weighted by Crippen LogP contribution is 2.40. The third-order valence-electron chi connectivity index (χ3n) is 4.46. The van der Waals surface area contributed by atoms with Crippen LogP contribution in [0.15, 0.2) is 42.5 Å². The Bertz CT molecular complexity index is 819. The first-order valence-corrected chi connectivity index (χ1v) is 9.11. The largest absolute Gasteiger partial charge is 0.493 e. The highest BCUT2D eigenvalue weighted by molar-refractivity contribution is 5.96. The second kappa shape index (κ2) is 9.12. The van der Waals surface area contributed by atoms with Gasteiger partial charge in [-0.15, -0.1) is 0 Å². The van der Waals surface area contributed by atoms with E-state index in [1.165, 1.54) is 7.11 Å². The molecule has 7 heteroatoms. The molecule has 2 N–H and O–H groups in total. The Balaban J connectivity index is 1.77. The quantitative estimate of drug-likeness (QED) is 0.726. The Labute approximate surface area is 163 Å². The molecular weight excluding hydrogens is 362 g/mol. The van der Waals surface area contributed by atoms with Gasteiger partial charge in [0.05, 0.1) is 7.11 Å². The molecular formula is C21H23NO6. The number of methoxy groups -OCH3 is 1. The maximum Gasteiger partial charge on any atom is 0.303 e. The lowest BCUT2D eigenvalue weighted by Gasteiger charge is -2.22. The molecule has 0 spiro atoms. The predicted molar refractivity (Wildman–Crippen MR) is 102 cm³/mol. The van der Waals surface area contributed by atoms with Crippen molar-refractivity contribution in [2.24, 2.45) is 0 Å². The maximum absolute atomic E-state index is 12.8. The van der Waals surface area contributed by atoms with Crippen LogP contribution in [0.2, 0.25) is 0 Å². The Kier molecular flexibility index (Phi) is 6.37. The minimum absolute atomic E-state index is 0.0256. The van der Waals surface area contributed by atoms with E-state index in [4.69, 9.17) is 19.3 Å². The number of rotatable bonds is 8. The van der Waals surface area contributed by atoms with Gasteiger partial charge in [0.15, 0.2) is 11.5 Å². The summed E-state index contributed by atoms with van der Waals surface area (Å²) in [5.74, 6) is 0.153. The minimum atomic E-state index is -0.895. The smallest absolute Gasteiger partial charge is 0.303 e. The number of hydrogen-bond donors (Lipinski definition) is 2. The van der Waals surface area contributed by atoms with Crippen LogP contribution in [-0.2, 0) is 11.2 Å². The van der Waals surface area contributed by atoms with Crippen molar-refractivity contribution in [3.05, 3.63) is 53.6 Å². The van der Waals surface area contributed by atoms with Crippen LogP contribution in [0.4, 0.5) is 0 Å². The Morgan fingerprint density at radius 2 is 1.93 bits per heavy atom. The molecule has 0 aliphatic carbocycles. The van der Waals surface area contributed by atoms with Crippen molar-refractivity contribution in [2.45, 2.75) is 25.3 Å². The molecule has 2 aromatic rings. The summed E-state index contributed by atoms with van der Waals surface area (Å²) >= 11 is 0. The fourth-order valence-corrected chi connectivity index (χ4v) is 3.09. The van der Waals surface area contributed by atoms with E-state index in [0.717, 1.165) is 5.56 Å². The molecule has 1 aliphatic heterocycles. The summed E-state index contributed by atoms with van der Waals surface area (Å²) in [6.45, 7) is 0.819. The Morgan fingerprint density at radius 1 is 1.18 bits per heavy atom. The topological polar surface area (TPSA) is 94.1 Å². The fourth-order valence-electron chi connectivity index (χ4n) is 3.09. The zero-order valence-corrected chi connectivity index (χ0v) is 15.6. The van der Waals surface area contributed by atoms with Gasteiger partial charge in [0, 0.05) is 18.0 Å². The number of aliphatic carboxylic acids is 1. The lowest BCUT2D eigenvalue weighted by atomic mass is 10.0. The van der Waals surface area contributed by atoms with Gasteiger partial charge in [-0.25, -0.2) is 0 Å². The normalized spacial score (nSPS) is 13.5. The van der Waals surface area contributed by atoms with Gasteiger partial charge in [0.2, 0.25) is 5.75 Å². The van der Waals surface area contributed by atoms with Crippen molar-refractivity contribution in [1.82, 2.24) is 5.32 Å². The molecule has 1 unspecified atom stereocenters. The van der Waals surface area contributed by atoms with E-state index >= 15 is 0 Å². The third kappa shape index (κ3) is 4.94. The van der Waals surface area contributed by atoms with Crippen LogP contribution < -0.4 is 19.5 Å². The average molecular weight is 385 g/mol.